The largest absolute Gasteiger partial charge is 0.385 e. The summed E-state index contributed by atoms with van der Waals surface area (Å²) in [6, 6.07) is 16.3. The lowest BCUT2D eigenvalue weighted by Crippen LogP contribution is -2.31. The van der Waals surface area contributed by atoms with Crippen LogP contribution in [0.1, 0.15) is 41.1 Å². The number of rotatable bonds is 7. The molecule has 0 aliphatic carbocycles. The Hall–Kier alpha value is -2.41. The smallest absolute Gasteiger partial charge is 0.170 e. The normalized spacial score (nSPS) is 18.5. The number of nitrogens with one attached hydrogen (secondary N) is 1. The van der Waals surface area contributed by atoms with E-state index >= 15 is 0 Å². The number of aromatic nitrogens is 2. The first-order valence-electron chi connectivity index (χ1n) is 10.4. The second-order valence-corrected chi connectivity index (χ2v) is 8.63. The van der Waals surface area contributed by atoms with Gasteiger partial charge in [0.1, 0.15) is 0 Å². The van der Waals surface area contributed by atoms with E-state index in [0.29, 0.717) is 6.61 Å². The number of methoxy groups -OCH3 is 1. The van der Waals surface area contributed by atoms with Gasteiger partial charge in [-0.25, -0.2) is 0 Å². The van der Waals surface area contributed by atoms with Crippen LogP contribution in [0.3, 0.4) is 0 Å². The Morgan fingerprint density at radius 2 is 2.00 bits per heavy atom. The lowest BCUT2D eigenvalue weighted by atomic mass is 9.96. The van der Waals surface area contributed by atoms with Crippen molar-refractivity contribution in [1.82, 2.24) is 19.8 Å². The van der Waals surface area contributed by atoms with E-state index in [0.717, 1.165) is 40.2 Å². The van der Waals surface area contributed by atoms with Crippen molar-refractivity contribution in [2.45, 2.75) is 32.4 Å². The molecule has 2 aromatic heterocycles. The van der Waals surface area contributed by atoms with Crippen molar-refractivity contribution < 1.29 is 4.74 Å². The first-order valence-corrected chi connectivity index (χ1v) is 11.2. The van der Waals surface area contributed by atoms with Crippen molar-refractivity contribution in [3.63, 3.8) is 0 Å². The van der Waals surface area contributed by atoms with Crippen LogP contribution in [0.25, 0.3) is 5.69 Å². The topological polar surface area (TPSA) is 42.3 Å². The van der Waals surface area contributed by atoms with Crippen LogP contribution in [0.15, 0.2) is 54.7 Å². The summed E-state index contributed by atoms with van der Waals surface area (Å²) in [6.07, 6.45) is 2.73. The van der Waals surface area contributed by atoms with Gasteiger partial charge in [-0.15, -0.1) is 0 Å². The third-order valence-corrected chi connectivity index (χ3v) is 6.39. The molecule has 5 nitrogen and oxygen atoms in total. The fourth-order valence-electron chi connectivity index (χ4n) is 4.46. The lowest BCUT2D eigenvalue weighted by molar-refractivity contribution is 0.180. The first-order chi connectivity index (χ1) is 15.0. The zero-order chi connectivity index (χ0) is 22.0. The van der Waals surface area contributed by atoms with Gasteiger partial charge >= 0.3 is 0 Å². The summed E-state index contributed by atoms with van der Waals surface area (Å²) in [5.74, 6) is 0. The molecule has 31 heavy (non-hydrogen) atoms. The number of thiocarbonyl (C=S) groups is 1. The molecular weight excluding hydrogens is 428 g/mol. The van der Waals surface area contributed by atoms with E-state index in [-0.39, 0.29) is 12.1 Å². The van der Waals surface area contributed by atoms with E-state index in [9.17, 15) is 0 Å². The van der Waals surface area contributed by atoms with Crippen LogP contribution in [0.4, 0.5) is 0 Å². The average molecular weight is 455 g/mol. The highest BCUT2D eigenvalue weighted by Gasteiger charge is 2.41. The summed E-state index contributed by atoms with van der Waals surface area (Å²) in [6.45, 7) is 5.80. The molecule has 7 heteroatoms. The van der Waals surface area contributed by atoms with Gasteiger partial charge in [0.2, 0.25) is 0 Å². The highest BCUT2D eigenvalue weighted by atomic mass is 35.5. The van der Waals surface area contributed by atoms with Crippen LogP contribution in [-0.4, -0.2) is 39.8 Å². The SMILES string of the molecule is COCCCN1C(=S)N[C@@H](c2ccccn2)[C@@H]1c1cc(C)n(-c2cccc(Cl)c2)c1C. The Morgan fingerprint density at radius 1 is 1.16 bits per heavy atom. The maximum absolute atomic E-state index is 6.28. The van der Waals surface area contributed by atoms with E-state index in [2.05, 4.69) is 51.8 Å². The molecule has 3 heterocycles. The number of ether oxygens (including phenoxy) is 1. The second-order valence-electron chi connectivity index (χ2n) is 7.81. The summed E-state index contributed by atoms with van der Waals surface area (Å²) in [4.78, 5) is 6.91. The van der Waals surface area contributed by atoms with Gasteiger partial charge in [-0.2, -0.15) is 0 Å². The molecule has 0 unspecified atom stereocenters. The Kier molecular flexibility index (Phi) is 6.60. The van der Waals surface area contributed by atoms with Crippen LogP contribution in [0.5, 0.6) is 0 Å². The molecule has 1 fully saturated rings. The van der Waals surface area contributed by atoms with Crippen molar-refractivity contribution in [3.05, 3.63) is 82.4 Å². The summed E-state index contributed by atoms with van der Waals surface area (Å²) in [5, 5.41) is 5.00. The predicted molar refractivity (Wildman–Crippen MR) is 129 cm³/mol. The minimum absolute atomic E-state index is 0.0236. The Bertz CT molecular complexity index is 1070. The molecule has 0 amide bonds. The zero-order valence-electron chi connectivity index (χ0n) is 18.0. The van der Waals surface area contributed by atoms with Gasteiger partial charge in [-0.05, 0) is 74.4 Å². The number of nitrogens with zero attached hydrogens (tertiary/aromatic N) is 3. The molecular formula is C24H27ClN4OS. The second kappa shape index (κ2) is 9.39. The molecule has 1 saturated heterocycles. The lowest BCUT2D eigenvalue weighted by Gasteiger charge is -2.28. The molecule has 0 saturated carbocycles. The van der Waals surface area contributed by atoms with Gasteiger partial charge in [-0.1, -0.05) is 23.7 Å². The van der Waals surface area contributed by atoms with E-state index in [4.69, 9.17) is 28.6 Å². The predicted octanol–water partition coefficient (Wildman–Crippen LogP) is 5.15. The molecule has 162 valence electrons. The number of benzene rings is 1. The fraction of sp³-hybridized carbons (Fsp3) is 0.333. The van der Waals surface area contributed by atoms with Crippen LogP contribution in [-0.2, 0) is 4.74 Å². The standard InChI is InChI=1S/C24H27ClN4OS/c1-16-14-20(17(2)29(16)19-9-6-8-18(25)15-19)23-22(21-10-4-5-11-26-21)27-24(31)28(23)12-7-13-30-3/h4-6,8-11,14-15,22-23H,7,12-13H2,1-3H3,(H,27,31)/t22-,23-/m0/s1. The maximum atomic E-state index is 6.28. The molecule has 1 aliphatic heterocycles. The highest BCUT2D eigenvalue weighted by molar-refractivity contribution is 7.80. The van der Waals surface area contributed by atoms with Gasteiger partial charge in [-0.3, -0.25) is 4.98 Å². The zero-order valence-corrected chi connectivity index (χ0v) is 19.6. The molecule has 1 aromatic carbocycles. The van der Waals surface area contributed by atoms with Crippen molar-refractivity contribution in [2.75, 3.05) is 20.3 Å². The minimum Gasteiger partial charge on any atom is -0.385 e. The number of hydrogen-bond acceptors (Lipinski definition) is 3. The summed E-state index contributed by atoms with van der Waals surface area (Å²) in [5.41, 5.74) is 5.61. The molecule has 1 N–H and O–H groups in total. The van der Waals surface area contributed by atoms with Crippen LogP contribution in [0.2, 0.25) is 5.02 Å². The van der Waals surface area contributed by atoms with Gasteiger partial charge in [0.15, 0.2) is 5.11 Å². The van der Waals surface area contributed by atoms with Crippen LogP contribution in [0, 0.1) is 13.8 Å². The Labute approximate surface area is 194 Å². The van der Waals surface area contributed by atoms with E-state index < -0.39 is 0 Å². The van der Waals surface area contributed by atoms with Crippen LogP contribution >= 0.6 is 23.8 Å². The maximum Gasteiger partial charge on any atom is 0.170 e. The third kappa shape index (κ3) is 4.33. The van der Waals surface area contributed by atoms with Gasteiger partial charge in [0, 0.05) is 48.6 Å². The monoisotopic (exact) mass is 454 g/mol. The molecule has 1 aliphatic rings. The Morgan fingerprint density at radius 3 is 2.71 bits per heavy atom. The van der Waals surface area contributed by atoms with Crippen molar-refractivity contribution in [2.24, 2.45) is 0 Å². The average Bonchev–Trinajstić information content (AvgIpc) is 3.24. The van der Waals surface area contributed by atoms with Gasteiger partial charge < -0.3 is 19.5 Å². The van der Waals surface area contributed by atoms with E-state index in [1.807, 2.05) is 36.5 Å². The molecule has 2 atom stereocenters. The van der Waals surface area contributed by atoms with E-state index in [1.54, 1.807) is 7.11 Å². The summed E-state index contributed by atoms with van der Waals surface area (Å²) < 4.78 is 7.54. The van der Waals surface area contributed by atoms with Crippen molar-refractivity contribution >= 4 is 28.9 Å². The molecule has 3 aromatic rings. The first kappa shape index (κ1) is 21.8. The number of halogens is 1. The van der Waals surface area contributed by atoms with Crippen molar-refractivity contribution in [3.8, 4) is 5.69 Å². The molecule has 4 rings (SSSR count). The van der Waals surface area contributed by atoms with Gasteiger partial charge in [0.05, 0.1) is 17.8 Å². The number of pyridine rings is 1. The Balaban J connectivity index is 1.79. The number of hydrogen-bond donors (Lipinski definition) is 1. The fourth-order valence-corrected chi connectivity index (χ4v) is 4.98. The van der Waals surface area contributed by atoms with Gasteiger partial charge in [0.25, 0.3) is 0 Å². The highest BCUT2D eigenvalue weighted by Crippen LogP contribution is 2.41. The summed E-state index contributed by atoms with van der Waals surface area (Å²) >= 11 is 12.0. The van der Waals surface area contributed by atoms with Crippen LogP contribution < -0.4 is 5.32 Å². The minimum atomic E-state index is -0.0236. The summed E-state index contributed by atoms with van der Waals surface area (Å²) in [7, 11) is 1.73. The molecule has 0 radical (unpaired) electrons. The molecule has 0 spiro atoms. The van der Waals surface area contributed by atoms with E-state index in [1.165, 1.54) is 11.3 Å². The quantitative estimate of drug-likeness (QED) is 0.395. The third-order valence-electron chi connectivity index (χ3n) is 5.80. The number of aryl methyl sites for hydroxylation is 1. The molecule has 0 bridgehead atoms. The van der Waals surface area contributed by atoms with Crippen molar-refractivity contribution in [1.29, 1.82) is 0 Å².